The number of hydrogen-bond donors (Lipinski definition) is 0. The van der Waals surface area contributed by atoms with E-state index in [1.165, 1.54) is 5.56 Å². The molecule has 0 saturated carbocycles. The topological polar surface area (TPSA) is 29.4 Å². The standard InChI is InChI=1S/C11H12ClNO/c1-7-3-4-8-6-10(13-14)11(2,12)9(8)5-7/h3-5,10H,6H2,1-2H3. The highest BCUT2D eigenvalue weighted by Gasteiger charge is 2.42. The maximum Gasteiger partial charge on any atom is 0.119 e. The second kappa shape index (κ2) is 3.06. The first-order chi connectivity index (χ1) is 6.55. The van der Waals surface area contributed by atoms with E-state index in [9.17, 15) is 4.91 Å². The molecular formula is C11H12ClNO. The summed E-state index contributed by atoms with van der Waals surface area (Å²) in [5.41, 5.74) is 3.38. The fourth-order valence-corrected chi connectivity index (χ4v) is 2.33. The molecule has 1 aliphatic rings. The molecule has 0 heterocycles. The Morgan fingerprint density at radius 2 is 2.29 bits per heavy atom. The van der Waals surface area contributed by atoms with E-state index in [1.807, 2.05) is 32.0 Å². The van der Waals surface area contributed by atoms with Crippen LogP contribution >= 0.6 is 11.6 Å². The van der Waals surface area contributed by atoms with Gasteiger partial charge in [0.05, 0.1) is 4.87 Å². The molecule has 0 fully saturated rings. The van der Waals surface area contributed by atoms with Crippen LogP contribution in [0.1, 0.15) is 23.6 Å². The quantitative estimate of drug-likeness (QED) is 0.516. The Morgan fingerprint density at radius 3 is 2.93 bits per heavy atom. The molecule has 2 unspecified atom stereocenters. The maximum absolute atomic E-state index is 10.6. The second-order valence-corrected chi connectivity index (χ2v) is 4.85. The van der Waals surface area contributed by atoms with E-state index >= 15 is 0 Å². The Balaban J connectivity index is 2.55. The van der Waals surface area contributed by atoms with Gasteiger partial charge in [-0.25, -0.2) is 0 Å². The Morgan fingerprint density at radius 1 is 1.57 bits per heavy atom. The summed E-state index contributed by atoms with van der Waals surface area (Å²) in [6, 6.07) is 5.80. The van der Waals surface area contributed by atoms with E-state index in [0.717, 1.165) is 11.1 Å². The second-order valence-electron chi connectivity index (χ2n) is 4.06. The number of benzene rings is 1. The van der Waals surface area contributed by atoms with Gasteiger partial charge in [0.1, 0.15) is 6.04 Å². The van der Waals surface area contributed by atoms with Crippen LogP contribution in [0.4, 0.5) is 0 Å². The molecule has 2 atom stereocenters. The average molecular weight is 210 g/mol. The van der Waals surface area contributed by atoms with Crippen molar-refractivity contribution in [2.24, 2.45) is 5.18 Å². The van der Waals surface area contributed by atoms with Crippen molar-refractivity contribution in [2.75, 3.05) is 0 Å². The lowest BCUT2D eigenvalue weighted by Crippen LogP contribution is -2.24. The molecule has 3 heteroatoms. The molecule has 1 aromatic carbocycles. The van der Waals surface area contributed by atoms with Crippen molar-refractivity contribution in [3.8, 4) is 0 Å². The van der Waals surface area contributed by atoms with Crippen molar-refractivity contribution in [3.63, 3.8) is 0 Å². The van der Waals surface area contributed by atoms with E-state index in [1.54, 1.807) is 0 Å². The minimum Gasteiger partial charge on any atom is -0.150 e. The third-order valence-corrected chi connectivity index (χ3v) is 3.41. The summed E-state index contributed by atoms with van der Waals surface area (Å²) in [5.74, 6) is 0. The van der Waals surface area contributed by atoms with Gasteiger partial charge in [0.25, 0.3) is 0 Å². The molecule has 0 amide bonds. The third-order valence-electron chi connectivity index (χ3n) is 2.96. The summed E-state index contributed by atoms with van der Waals surface area (Å²) in [5, 5.41) is 3.10. The number of rotatable bonds is 1. The van der Waals surface area contributed by atoms with Crippen LogP contribution in [0.25, 0.3) is 0 Å². The van der Waals surface area contributed by atoms with Crippen LogP contribution in [0, 0.1) is 11.8 Å². The Kier molecular flexibility index (Phi) is 2.11. The zero-order chi connectivity index (χ0) is 10.3. The first-order valence-electron chi connectivity index (χ1n) is 4.67. The Hall–Kier alpha value is -0.890. The van der Waals surface area contributed by atoms with E-state index < -0.39 is 4.87 Å². The normalized spacial score (nSPS) is 30.1. The highest BCUT2D eigenvalue weighted by Crippen LogP contribution is 2.44. The summed E-state index contributed by atoms with van der Waals surface area (Å²) >= 11 is 6.34. The first-order valence-corrected chi connectivity index (χ1v) is 5.05. The van der Waals surface area contributed by atoms with Crippen molar-refractivity contribution in [2.45, 2.75) is 31.2 Å². The van der Waals surface area contributed by atoms with E-state index in [4.69, 9.17) is 11.6 Å². The van der Waals surface area contributed by atoms with Crippen LogP contribution < -0.4 is 0 Å². The third kappa shape index (κ3) is 1.25. The molecule has 0 N–H and O–H groups in total. The van der Waals surface area contributed by atoms with Gasteiger partial charge in [-0.3, -0.25) is 0 Å². The van der Waals surface area contributed by atoms with Crippen molar-refractivity contribution in [3.05, 3.63) is 39.8 Å². The molecule has 14 heavy (non-hydrogen) atoms. The molecule has 0 bridgehead atoms. The van der Waals surface area contributed by atoms with Gasteiger partial charge < -0.3 is 0 Å². The smallest absolute Gasteiger partial charge is 0.119 e. The number of nitrogens with zero attached hydrogens (tertiary/aromatic N) is 1. The molecule has 2 rings (SSSR count). The fraction of sp³-hybridized carbons (Fsp3) is 0.455. The minimum atomic E-state index is -0.622. The molecule has 1 aromatic rings. The van der Waals surface area contributed by atoms with Crippen molar-refractivity contribution in [1.82, 2.24) is 0 Å². The van der Waals surface area contributed by atoms with Crippen molar-refractivity contribution in [1.29, 1.82) is 0 Å². The largest absolute Gasteiger partial charge is 0.150 e. The number of fused-ring (bicyclic) bond motifs is 1. The Bertz CT molecular complexity index is 387. The number of aryl methyl sites for hydroxylation is 1. The zero-order valence-electron chi connectivity index (χ0n) is 8.25. The molecule has 0 saturated heterocycles. The van der Waals surface area contributed by atoms with Crippen molar-refractivity contribution < 1.29 is 0 Å². The summed E-state index contributed by atoms with van der Waals surface area (Å²) in [4.78, 5) is 10.0. The first kappa shape index (κ1) is 9.66. The number of halogens is 1. The lowest BCUT2D eigenvalue weighted by atomic mass is 9.99. The highest BCUT2D eigenvalue weighted by atomic mass is 35.5. The van der Waals surface area contributed by atoms with Gasteiger partial charge in [-0.15, -0.1) is 11.6 Å². The monoisotopic (exact) mass is 209 g/mol. The summed E-state index contributed by atoms with van der Waals surface area (Å²) < 4.78 is 0. The summed E-state index contributed by atoms with van der Waals surface area (Å²) in [6.07, 6.45) is 0.666. The van der Waals surface area contributed by atoms with E-state index in [-0.39, 0.29) is 6.04 Å². The number of hydrogen-bond acceptors (Lipinski definition) is 2. The molecule has 74 valence electrons. The van der Waals surface area contributed by atoms with Crippen LogP contribution in [0.5, 0.6) is 0 Å². The van der Waals surface area contributed by atoms with Gasteiger partial charge in [0.2, 0.25) is 0 Å². The van der Waals surface area contributed by atoms with Crippen LogP contribution in [-0.4, -0.2) is 6.04 Å². The predicted octanol–water partition coefficient (Wildman–Crippen LogP) is 3.14. The van der Waals surface area contributed by atoms with Gasteiger partial charge in [-0.05, 0) is 25.0 Å². The molecule has 0 radical (unpaired) electrons. The van der Waals surface area contributed by atoms with Crippen LogP contribution in [0.2, 0.25) is 0 Å². The van der Waals surface area contributed by atoms with Crippen LogP contribution in [0.15, 0.2) is 23.4 Å². The van der Waals surface area contributed by atoms with Gasteiger partial charge >= 0.3 is 0 Å². The van der Waals surface area contributed by atoms with Gasteiger partial charge in [0, 0.05) is 6.42 Å². The van der Waals surface area contributed by atoms with E-state index in [2.05, 4.69) is 5.18 Å². The Labute approximate surface area is 88.2 Å². The molecule has 1 aliphatic carbocycles. The summed E-state index contributed by atoms with van der Waals surface area (Å²) in [7, 11) is 0. The van der Waals surface area contributed by atoms with Crippen molar-refractivity contribution >= 4 is 11.6 Å². The molecule has 0 aliphatic heterocycles. The predicted molar refractivity (Wildman–Crippen MR) is 57.7 cm³/mol. The van der Waals surface area contributed by atoms with E-state index in [0.29, 0.717) is 6.42 Å². The minimum absolute atomic E-state index is 0.332. The SMILES string of the molecule is Cc1ccc2c(c1)C(C)(Cl)C(N=O)C2. The lowest BCUT2D eigenvalue weighted by Gasteiger charge is -2.19. The number of nitroso groups, excluding NO2 is 1. The van der Waals surface area contributed by atoms with Crippen LogP contribution in [0.3, 0.4) is 0 Å². The molecular weight excluding hydrogens is 198 g/mol. The van der Waals surface area contributed by atoms with Crippen LogP contribution in [-0.2, 0) is 11.3 Å². The average Bonchev–Trinajstić information content (AvgIpc) is 2.38. The number of alkyl halides is 1. The zero-order valence-corrected chi connectivity index (χ0v) is 9.01. The van der Waals surface area contributed by atoms with Gasteiger partial charge in [0.15, 0.2) is 0 Å². The molecule has 0 spiro atoms. The van der Waals surface area contributed by atoms with Gasteiger partial charge in [-0.2, -0.15) is 4.91 Å². The lowest BCUT2D eigenvalue weighted by molar-refractivity contribution is 0.554. The fourth-order valence-electron chi connectivity index (χ4n) is 2.04. The summed E-state index contributed by atoms with van der Waals surface area (Å²) in [6.45, 7) is 3.89. The molecule has 2 nitrogen and oxygen atoms in total. The molecule has 0 aromatic heterocycles. The highest BCUT2D eigenvalue weighted by molar-refractivity contribution is 6.24. The maximum atomic E-state index is 10.6. The van der Waals surface area contributed by atoms with Gasteiger partial charge in [-0.1, -0.05) is 28.9 Å².